The van der Waals surface area contributed by atoms with Gasteiger partial charge in [0.15, 0.2) is 0 Å². The Morgan fingerprint density at radius 2 is 2.36 bits per heavy atom. The fraction of sp³-hybridized carbons (Fsp3) is 0.900. The van der Waals surface area contributed by atoms with Crippen LogP contribution in [-0.2, 0) is 9.53 Å². The lowest BCUT2D eigenvalue weighted by Crippen LogP contribution is -2.37. The summed E-state index contributed by atoms with van der Waals surface area (Å²) in [6, 6.07) is -0.459. The minimum atomic E-state index is -0.790. The van der Waals surface area contributed by atoms with Crippen molar-refractivity contribution in [1.29, 1.82) is 0 Å². The van der Waals surface area contributed by atoms with Gasteiger partial charge in [0.1, 0.15) is 6.04 Å². The summed E-state index contributed by atoms with van der Waals surface area (Å²) in [7, 11) is 0. The van der Waals surface area contributed by atoms with Gasteiger partial charge in [-0.1, -0.05) is 6.92 Å². The fourth-order valence-electron chi connectivity index (χ4n) is 1.29. The second-order valence-corrected chi connectivity index (χ2v) is 3.76. The molecule has 0 aromatic carbocycles. The number of rotatable bonds is 8. The average molecular weight is 201 g/mol. The Morgan fingerprint density at radius 3 is 2.86 bits per heavy atom. The molecule has 0 bridgehead atoms. The van der Waals surface area contributed by atoms with Crippen LogP contribution in [0.2, 0.25) is 0 Å². The number of aliphatic carboxylic acids is 1. The van der Waals surface area contributed by atoms with E-state index < -0.39 is 12.0 Å². The second-order valence-electron chi connectivity index (χ2n) is 3.76. The normalized spacial score (nSPS) is 18.1. The zero-order chi connectivity index (χ0) is 10.4. The van der Waals surface area contributed by atoms with E-state index in [9.17, 15) is 4.79 Å². The van der Waals surface area contributed by atoms with Gasteiger partial charge < -0.3 is 15.2 Å². The van der Waals surface area contributed by atoms with E-state index in [1.165, 1.54) is 12.8 Å². The third-order valence-electron chi connectivity index (χ3n) is 2.35. The molecule has 1 unspecified atom stereocenters. The van der Waals surface area contributed by atoms with Gasteiger partial charge in [0.25, 0.3) is 0 Å². The van der Waals surface area contributed by atoms with Crippen molar-refractivity contribution in [2.45, 2.75) is 32.2 Å². The Balaban J connectivity index is 2.02. The summed E-state index contributed by atoms with van der Waals surface area (Å²) in [5, 5.41) is 11.7. The first-order chi connectivity index (χ1) is 6.74. The highest BCUT2D eigenvalue weighted by Gasteiger charge is 2.21. The van der Waals surface area contributed by atoms with E-state index in [-0.39, 0.29) is 0 Å². The molecular weight excluding hydrogens is 182 g/mol. The molecule has 2 N–H and O–H groups in total. The molecule has 0 spiro atoms. The van der Waals surface area contributed by atoms with Crippen LogP contribution < -0.4 is 5.32 Å². The van der Waals surface area contributed by atoms with Crippen LogP contribution in [0.25, 0.3) is 0 Å². The van der Waals surface area contributed by atoms with Crippen molar-refractivity contribution in [3.05, 3.63) is 0 Å². The van der Waals surface area contributed by atoms with Crippen molar-refractivity contribution < 1.29 is 14.6 Å². The van der Waals surface area contributed by atoms with Gasteiger partial charge >= 0.3 is 5.97 Å². The molecule has 0 aliphatic heterocycles. The Kier molecular flexibility index (Phi) is 4.90. The van der Waals surface area contributed by atoms with Gasteiger partial charge in [-0.3, -0.25) is 4.79 Å². The monoisotopic (exact) mass is 201 g/mol. The van der Waals surface area contributed by atoms with Crippen molar-refractivity contribution in [2.75, 3.05) is 19.8 Å². The molecule has 14 heavy (non-hydrogen) atoms. The van der Waals surface area contributed by atoms with Crippen molar-refractivity contribution in [3.63, 3.8) is 0 Å². The van der Waals surface area contributed by atoms with Gasteiger partial charge in [-0.15, -0.1) is 0 Å². The van der Waals surface area contributed by atoms with E-state index in [1.54, 1.807) is 0 Å². The third-order valence-corrected chi connectivity index (χ3v) is 2.35. The summed E-state index contributed by atoms with van der Waals surface area (Å²) >= 11 is 0. The van der Waals surface area contributed by atoms with Crippen LogP contribution in [0, 0.1) is 5.92 Å². The number of carboxylic acid groups (broad SMARTS) is 1. The number of carboxylic acids is 1. The zero-order valence-electron chi connectivity index (χ0n) is 8.66. The van der Waals surface area contributed by atoms with Crippen molar-refractivity contribution in [3.8, 4) is 0 Å². The first kappa shape index (κ1) is 11.5. The molecule has 4 nitrogen and oxygen atoms in total. The molecule has 0 heterocycles. The fourth-order valence-corrected chi connectivity index (χ4v) is 1.29. The van der Waals surface area contributed by atoms with E-state index in [0.29, 0.717) is 19.6 Å². The number of hydrogen-bond donors (Lipinski definition) is 2. The predicted molar refractivity (Wildman–Crippen MR) is 53.3 cm³/mol. The first-order valence-corrected chi connectivity index (χ1v) is 5.28. The van der Waals surface area contributed by atoms with Crippen LogP contribution in [0.1, 0.15) is 26.2 Å². The molecule has 0 aromatic rings. The lowest BCUT2D eigenvalue weighted by atomic mass is 10.2. The van der Waals surface area contributed by atoms with Crippen LogP contribution in [0.3, 0.4) is 0 Å². The van der Waals surface area contributed by atoms with Crippen LogP contribution in [0.15, 0.2) is 0 Å². The van der Waals surface area contributed by atoms with Gasteiger partial charge in [0.05, 0.1) is 0 Å². The number of ether oxygens (including phenoxy) is 1. The van der Waals surface area contributed by atoms with E-state index >= 15 is 0 Å². The molecule has 1 rings (SSSR count). The topological polar surface area (TPSA) is 58.6 Å². The SMILES string of the molecule is CCNC(CCOCC1CC1)C(=O)O. The Bertz CT molecular complexity index is 180. The predicted octanol–water partition coefficient (Wildman–Crippen LogP) is 0.866. The molecule has 82 valence electrons. The summed E-state index contributed by atoms with van der Waals surface area (Å²) < 4.78 is 5.38. The zero-order valence-corrected chi connectivity index (χ0v) is 8.66. The summed E-state index contributed by atoms with van der Waals surface area (Å²) in [4.78, 5) is 10.7. The number of hydrogen-bond acceptors (Lipinski definition) is 3. The largest absolute Gasteiger partial charge is 0.480 e. The first-order valence-electron chi connectivity index (χ1n) is 5.28. The molecule has 1 saturated carbocycles. The number of nitrogens with one attached hydrogen (secondary N) is 1. The van der Waals surface area contributed by atoms with Gasteiger partial charge in [0.2, 0.25) is 0 Å². The number of likely N-dealkylation sites (N-methyl/N-ethyl adjacent to an activating group) is 1. The van der Waals surface area contributed by atoms with Crippen LogP contribution in [-0.4, -0.2) is 36.9 Å². The highest BCUT2D eigenvalue weighted by atomic mass is 16.5. The molecule has 1 atom stereocenters. The lowest BCUT2D eigenvalue weighted by Gasteiger charge is -2.12. The maximum absolute atomic E-state index is 10.7. The summed E-state index contributed by atoms with van der Waals surface area (Å²) in [5.74, 6) is -0.0423. The average Bonchev–Trinajstić information content (AvgIpc) is 2.93. The summed E-state index contributed by atoms with van der Waals surface area (Å²) in [6.45, 7) is 3.93. The minimum Gasteiger partial charge on any atom is -0.480 e. The van der Waals surface area contributed by atoms with Gasteiger partial charge in [-0.25, -0.2) is 0 Å². The lowest BCUT2D eigenvalue weighted by molar-refractivity contribution is -0.140. The molecule has 1 aliphatic carbocycles. The van der Waals surface area contributed by atoms with Crippen LogP contribution in [0.4, 0.5) is 0 Å². The molecule has 0 saturated heterocycles. The third kappa shape index (κ3) is 4.58. The Hall–Kier alpha value is -0.610. The molecular formula is C10H19NO3. The van der Waals surface area contributed by atoms with Crippen molar-refractivity contribution >= 4 is 5.97 Å². The molecule has 0 amide bonds. The van der Waals surface area contributed by atoms with Crippen molar-refractivity contribution in [2.24, 2.45) is 5.92 Å². The van der Waals surface area contributed by atoms with Crippen LogP contribution >= 0.6 is 0 Å². The summed E-state index contributed by atoms with van der Waals surface area (Å²) in [6.07, 6.45) is 3.10. The number of carbonyl (C=O) groups is 1. The Morgan fingerprint density at radius 1 is 1.64 bits per heavy atom. The highest BCUT2D eigenvalue weighted by Crippen LogP contribution is 2.28. The molecule has 0 radical (unpaired) electrons. The van der Waals surface area contributed by atoms with Gasteiger partial charge in [-0.2, -0.15) is 0 Å². The maximum Gasteiger partial charge on any atom is 0.320 e. The highest BCUT2D eigenvalue weighted by molar-refractivity contribution is 5.73. The molecule has 0 aromatic heterocycles. The van der Waals surface area contributed by atoms with Gasteiger partial charge in [0, 0.05) is 13.2 Å². The van der Waals surface area contributed by atoms with Crippen LogP contribution in [0.5, 0.6) is 0 Å². The smallest absolute Gasteiger partial charge is 0.320 e. The standard InChI is InChI=1S/C10H19NO3/c1-2-11-9(10(12)13)5-6-14-7-8-3-4-8/h8-9,11H,2-7H2,1H3,(H,12,13). The van der Waals surface area contributed by atoms with Gasteiger partial charge in [-0.05, 0) is 31.7 Å². The van der Waals surface area contributed by atoms with E-state index in [1.807, 2.05) is 6.92 Å². The summed E-state index contributed by atoms with van der Waals surface area (Å²) in [5.41, 5.74) is 0. The molecule has 1 aliphatic rings. The minimum absolute atomic E-state index is 0.459. The molecule has 4 heteroatoms. The molecule has 1 fully saturated rings. The Labute approximate surface area is 84.6 Å². The second kappa shape index (κ2) is 5.98. The van der Waals surface area contributed by atoms with E-state index in [4.69, 9.17) is 9.84 Å². The quantitative estimate of drug-likeness (QED) is 0.572. The maximum atomic E-state index is 10.7. The van der Waals surface area contributed by atoms with E-state index in [0.717, 1.165) is 12.5 Å². The van der Waals surface area contributed by atoms with Crippen molar-refractivity contribution in [1.82, 2.24) is 5.32 Å². The van der Waals surface area contributed by atoms with E-state index in [2.05, 4.69) is 5.32 Å².